The van der Waals surface area contributed by atoms with Crippen molar-refractivity contribution in [2.75, 3.05) is 11.9 Å². The van der Waals surface area contributed by atoms with Gasteiger partial charge >= 0.3 is 0 Å². The van der Waals surface area contributed by atoms with E-state index in [0.29, 0.717) is 11.2 Å². The van der Waals surface area contributed by atoms with Crippen molar-refractivity contribution in [1.29, 1.82) is 0 Å². The van der Waals surface area contributed by atoms with E-state index in [0.717, 1.165) is 18.3 Å². The Morgan fingerprint density at radius 2 is 2.25 bits per heavy atom. The van der Waals surface area contributed by atoms with Crippen molar-refractivity contribution in [3.8, 4) is 0 Å². The van der Waals surface area contributed by atoms with Gasteiger partial charge in [0.2, 0.25) is 0 Å². The monoisotopic (exact) mass is 253 g/mol. The van der Waals surface area contributed by atoms with Gasteiger partial charge in [0.05, 0.1) is 0 Å². The molecule has 0 aromatic rings. The number of nitrogens with one attached hydrogen (secondary N) is 3. The molecule has 0 radical (unpaired) electrons. The van der Waals surface area contributed by atoms with E-state index < -0.39 is 0 Å². The third kappa shape index (κ3) is 6.82. The van der Waals surface area contributed by atoms with Crippen LogP contribution in [0.3, 0.4) is 0 Å². The fourth-order valence-electron chi connectivity index (χ4n) is 0.496. The van der Waals surface area contributed by atoms with Crippen LogP contribution in [0.1, 0.15) is 20.3 Å². The summed E-state index contributed by atoms with van der Waals surface area (Å²) >= 11 is 8.28. The van der Waals surface area contributed by atoms with E-state index >= 15 is 0 Å². The summed E-state index contributed by atoms with van der Waals surface area (Å²) in [6.07, 6.45) is 1.08. The molecule has 0 aliphatic heterocycles. The van der Waals surface area contributed by atoms with Crippen molar-refractivity contribution in [2.24, 2.45) is 0 Å². The van der Waals surface area contributed by atoms with Crippen molar-refractivity contribution >= 4 is 33.3 Å². The first-order valence-electron chi connectivity index (χ1n) is 4.06. The van der Waals surface area contributed by atoms with Crippen molar-refractivity contribution in [1.82, 2.24) is 16.2 Å². The molecule has 0 bridgehead atoms. The maximum absolute atomic E-state index is 4.98. The van der Waals surface area contributed by atoms with Gasteiger partial charge in [-0.2, -0.15) is 0 Å². The lowest BCUT2D eigenvalue weighted by Gasteiger charge is -2.14. The normalized spacial score (nSPS) is 12.2. The number of halogens is 1. The van der Waals surface area contributed by atoms with Crippen molar-refractivity contribution < 1.29 is 0 Å². The van der Waals surface area contributed by atoms with E-state index in [9.17, 15) is 0 Å². The van der Waals surface area contributed by atoms with Crippen LogP contribution in [0.25, 0.3) is 0 Å². The summed E-state index contributed by atoms with van der Waals surface area (Å²) in [7, 11) is 0. The molecule has 0 heterocycles. The molecule has 0 fully saturated rings. The average molecular weight is 254 g/mol. The summed E-state index contributed by atoms with van der Waals surface area (Å²) in [4.78, 5) is 0. The Morgan fingerprint density at radius 1 is 1.58 bits per heavy atom. The highest BCUT2D eigenvalue weighted by molar-refractivity contribution is 9.09. The molecule has 0 spiro atoms. The van der Waals surface area contributed by atoms with E-state index in [4.69, 9.17) is 12.2 Å². The topological polar surface area (TPSA) is 36.1 Å². The largest absolute Gasteiger partial charge is 0.361 e. The van der Waals surface area contributed by atoms with Gasteiger partial charge in [-0.15, -0.1) is 0 Å². The minimum atomic E-state index is 0.439. The maximum Gasteiger partial charge on any atom is 0.180 e. The summed E-state index contributed by atoms with van der Waals surface area (Å²) in [5.74, 6) is 0. The minimum Gasteiger partial charge on any atom is -0.361 e. The van der Waals surface area contributed by atoms with Crippen LogP contribution >= 0.6 is 28.1 Å². The van der Waals surface area contributed by atoms with Gasteiger partial charge in [0.15, 0.2) is 5.11 Å². The first-order chi connectivity index (χ1) is 5.70. The lowest BCUT2D eigenvalue weighted by atomic mass is 10.3. The third-order valence-corrected chi connectivity index (χ3v) is 2.07. The average Bonchev–Trinajstić information content (AvgIpc) is 2.10. The Kier molecular flexibility index (Phi) is 7.85. The van der Waals surface area contributed by atoms with Crippen LogP contribution < -0.4 is 16.2 Å². The second-order valence-electron chi connectivity index (χ2n) is 2.52. The number of hydrogen-bond acceptors (Lipinski definition) is 2. The first kappa shape index (κ1) is 12.1. The van der Waals surface area contributed by atoms with Gasteiger partial charge in [-0.25, -0.2) is 5.43 Å². The van der Waals surface area contributed by atoms with E-state index in [1.807, 2.05) is 0 Å². The van der Waals surface area contributed by atoms with Crippen LogP contribution in [0, 0.1) is 0 Å². The smallest absolute Gasteiger partial charge is 0.180 e. The Bertz CT molecular complexity index is 132. The molecule has 3 N–H and O–H groups in total. The maximum atomic E-state index is 4.98. The molecule has 1 unspecified atom stereocenters. The van der Waals surface area contributed by atoms with E-state index in [2.05, 4.69) is 45.9 Å². The lowest BCUT2D eigenvalue weighted by Crippen LogP contribution is -2.47. The van der Waals surface area contributed by atoms with Gasteiger partial charge < -0.3 is 5.32 Å². The molecule has 0 aromatic carbocycles. The van der Waals surface area contributed by atoms with Crippen LogP contribution in [0.2, 0.25) is 0 Å². The molecule has 3 nitrogen and oxygen atoms in total. The van der Waals surface area contributed by atoms with Gasteiger partial charge in [0, 0.05) is 17.9 Å². The predicted octanol–water partition coefficient (Wildman–Crippen LogP) is 1.15. The molecule has 0 rings (SSSR count). The second kappa shape index (κ2) is 7.76. The molecule has 1 atom stereocenters. The molecule has 0 amide bonds. The van der Waals surface area contributed by atoms with Crippen molar-refractivity contribution in [2.45, 2.75) is 26.3 Å². The number of thiocarbonyl (C=S) groups is 1. The quantitative estimate of drug-likeness (QED) is 0.391. The summed E-state index contributed by atoms with van der Waals surface area (Å²) < 4.78 is 0. The third-order valence-electron chi connectivity index (χ3n) is 1.42. The van der Waals surface area contributed by atoms with Crippen LogP contribution in [0.5, 0.6) is 0 Å². The number of rotatable bonds is 5. The van der Waals surface area contributed by atoms with E-state index in [1.165, 1.54) is 0 Å². The first-order valence-corrected chi connectivity index (χ1v) is 5.59. The molecule has 0 aliphatic carbocycles. The lowest BCUT2D eigenvalue weighted by molar-refractivity contribution is 0.506. The standard InChI is InChI=1S/C7H16BrN3S/c1-3-6(2)10-11-7(12)9-5-4-8/h6,10H,3-5H2,1-2H3,(H2,9,11,12). The Balaban J connectivity index is 3.31. The van der Waals surface area contributed by atoms with Crippen LogP contribution in [0.15, 0.2) is 0 Å². The molecule has 5 heteroatoms. The molecular formula is C7H16BrN3S. The Labute approximate surface area is 87.8 Å². The van der Waals surface area contributed by atoms with Gasteiger partial charge in [0.25, 0.3) is 0 Å². The molecule has 72 valence electrons. The second-order valence-corrected chi connectivity index (χ2v) is 3.72. The van der Waals surface area contributed by atoms with Crippen molar-refractivity contribution in [3.05, 3.63) is 0 Å². The Hall–Kier alpha value is 0.130. The molecule has 0 aliphatic rings. The van der Waals surface area contributed by atoms with E-state index in [1.54, 1.807) is 0 Å². The van der Waals surface area contributed by atoms with Gasteiger partial charge in [-0.05, 0) is 25.6 Å². The highest BCUT2D eigenvalue weighted by Gasteiger charge is 1.97. The summed E-state index contributed by atoms with van der Waals surface area (Å²) in [6.45, 7) is 5.06. The zero-order valence-electron chi connectivity index (χ0n) is 7.48. The van der Waals surface area contributed by atoms with Gasteiger partial charge in [-0.3, -0.25) is 5.43 Å². The number of alkyl halides is 1. The number of hydrazine groups is 1. The highest BCUT2D eigenvalue weighted by Crippen LogP contribution is 1.83. The minimum absolute atomic E-state index is 0.439. The molecule has 0 saturated carbocycles. The van der Waals surface area contributed by atoms with Gasteiger partial charge in [-0.1, -0.05) is 22.9 Å². The van der Waals surface area contributed by atoms with Crippen LogP contribution in [-0.4, -0.2) is 23.0 Å². The molecular weight excluding hydrogens is 238 g/mol. The fourth-order valence-corrected chi connectivity index (χ4v) is 0.855. The fraction of sp³-hybridized carbons (Fsp3) is 0.857. The predicted molar refractivity (Wildman–Crippen MR) is 60.4 cm³/mol. The summed E-state index contributed by atoms with van der Waals surface area (Å²) in [5.41, 5.74) is 5.99. The van der Waals surface area contributed by atoms with Crippen molar-refractivity contribution in [3.63, 3.8) is 0 Å². The molecule has 0 aromatic heterocycles. The SMILES string of the molecule is CCC(C)NNC(=S)NCCBr. The highest BCUT2D eigenvalue weighted by atomic mass is 79.9. The zero-order chi connectivity index (χ0) is 9.40. The van der Waals surface area contributed by atoms with Crippen LogP contribution in [-0.2, 0) is 0 Å². The van der Waals surface area contributed by atoms with Crippen LogP contribution in [0.4, 0.5) is 0 Å². The molecule has 12 heavy (non-hydrogen) atoms. The summed E-state index contributed by atoms with van der Waals surface area (Å²) in [5, 5.41) is 4.57. The van der Waals surface area contributed by atoms with Gasteiger partial charge in [0.1, 0.15) is 0 Å². The number of hydrogen-bond donors (Lipinski definition) is 3. The zero-order valence-corrected chi connectivity index (χ0v) is 9.89. The molecule has 0 saturated heterocycles. The summed E-state index contributed by atoms with van der Waals surface area (Å²) in [6, 6.07) is 0.439. The van der Waals surface area contributed by atoms with E-state index in [-0.39, 0.29) is 0 Å². The Morgan fingerprint density at radius 3 is 2.75 bits per heavy atom.